The smallest absolute Gasteiger partial charge is 0.270 e. The lowest BCUT2D eigenvalue weighted by Gasteiger charge is -2.26. The molecule has 0 aromatic heterocycles. The molecule has 1 fully saturated rings. The molecule has 1 aliphatic heterocycles. The molecule has 1 aliphatic rings. The van der Waals surface area contributed by atoms with Gasteiger partial charge in [-0.2, -0.15) is 12.7 Å². The molecule has 0 saturated carbocycles. The number of hydrogen-bond donors (Lipinski definition) is 1. The number of anilines is 1. The van der Waals surface area contributed by atoms with Gasteiger partial charge in [-0.1, -0.05) is 12.5 Å². The Labute approximate surface area is 117 Å². The maximum Gasteiger partial charge on any atom is 0.301 e. The molecule has 0 unspecified atom stereocenters. The van der Waals surface area contributed by atoms with Gasteiger partial charge in [0.1, 0.15) is 0 Å². The van der Waals surface area contributed by atoms with Crippen molar-refractivity contribution < 1.29 is 8.42 Å². The highest BCUT2D eigenvalue weighted by atomic mass is 79.9. The second kappa shape index (κ2) is 5.59. The molecule has 6 heteroatoms. The summed E-state index contributed by atoms with van der Waals surface area (Å²) in [5.41, 5.74) is 1.67. The Bertz CT molecular complexity index is 525. The molecule has 1 saturated heterocycles. The maximum atomic E-state index is 12.2. The van der Waals surface area contributed by atoms with Crippen LogP contribution in [0.25, 0.3) is 0 Å². The van der Waals surface area contributed by atoms with E-state index in [1.807, 2.05) is 19.1 Å². The second-order valence-electron chi connectivity index (χ2n) is 4.55. The molecule has 2 rings (SSSR count). The van der Waals surface area contributed by atoms with Crippen LogP contribution in [-0.2, 0) is 10.2 Å². The quantitative estimate of drug-likeness (QED) is 0.925. The van der Waals surface area contributed by atoms with E-state index in [0.717, 1.165) is 29.3 Å². The summed E-state index contributed by atoms with van der Waals surface area (Å²) in [5.74, 6) is 0. The van der Waals surface area contributed by atoms with Crippen molar-refractivity contribution in [3.8, 4) is 0 Å². The maximum absolute atomic E-state index is 12.2. The van der Waals surface area contributed by atoms with E-state index in [4.69, 9.17) is 0 Å². The number of hydrogen-bond acceptors (Lipinski definition) is 2. The third kappa shape index (κ3) is 3.24. The van der Waals surface area contributed by atoms with Crippen LogP contribution in [-0.4, -0.2) is 25.8 Å². The third-order valence-corrected chi connectivity index (χ3v) is 5.20. The predicted octanol–water partition coefficient (Wildman–Crippen LogP) is 2.90. The molecule has 0 aliphatic carbocycles. The number of aryl methyl sites for hydroxylation is 1. The topological polar surface area (TPSA) is 49.4 Å². The SMILES string of the molecule is Cc1ccc(NS(=O)(=O)N2CCCCC2)c(Br)c1. The fourth-order valence-electron chi connectivity index (χ4n) is 2.01. The monoisotopic (exact) mass is 332 g/mol. The molecular formula is C12H17BrN2O2S. The number of halogens is 1. The lowest BCUT2D eigenvalue weighted by Crippen LogP contribution is -2.39. The largest absolute Gasteiger partial charge is 0.301 e. The van der Waals surface area contributed by atoms with Crippen LogP contribution in [0.5, 0.6) is 0 Å². The minimum Gasteiger partial charge on any atom is -0.270 e. The fourth-order valence-corrected chi connectivity index (χ4v) is 4.06. The van der Waals surface area contributed by atoms with Crippen LogP contribution in [0.2, 0.25) is 0 Å². The van der Waals surface area contributed by atoms with E-state index in [0.29, 0.717) is 18.8 Å². The Kier molecular flexibility index (Phi) is 4.29. The van der Waals surface area contributed by atoms with E-state index in [-0.39, 0.29) is 0 Å². The van der Waals surface area contributed by atoms with Crippen molar-refractivity contribution in [2.24, 2.45) is 0 Å². The van der Waals surface area contributed by atoms with Crippen molar-refractivity contribution in [2.45, 2.75) is 26.2 Å². The zero-order valence-corrected chi connectivity index (χ0v) is 12.7. The molecule has 0 amide bonds. The Morgan fingerprint density at radius 2 is 1.89 bits per heavy atom. The van der Waals surface area contributed by atoms with Gasteiger partial charge < -0.3 is 0 Å². The molecule has 1 N–H and O–H groups in total. The lowest BCUT2D eigenvalue weighted by atomic mass is 10.2. The normalized spacial score (nSPS) is 17.7. The standard InChI is InChI=1S/C12H17BrN2O2S/c1-10-5-6-12(11(13)9-10)14-18(16,17)15-7-3-2-4-8-15/h5-6,9,14H,2-4,7-8H2,1H3. The highest BCUT2D eigenvalue weighted by Crippen LogP contribution is 2.25. The van der Waals surface area contributed by atoms with Gasteiger partial charge in [-0.15, -0.1) is 0 Å². The first-order chi connectivity index (χ1) is 8.49. The van der Waals surface area contributed by atoms with Gasteiger partial charge in [0.05, 0.1) is 5.69 Å². The number of nitrogens with zero attached hydrogens (tertiary/aromatic N) is 1. The highest BCUT2D eigenvalue weighted by molar-refractivity contribution is 9.10. The molecule has 0 bridgehead atoms. The molecule has 4 nitrogen and oxygen atoms in total. The lowest BCUT2D eigenvalue weighted by molar-refractivity contribution is 0.349. The van der Waals surface area contributed by atoms with E-state index in [1.54, 1.807) is 6.07 Å². The van der Waals surface area contributed by atoms with Gasteiger partial charge in [0.25, 0.3) is 0 Å². The van der Waals surface area contributed by atoms with Gasteiger partial charge in [-0.3, -0.25) is 4.72 Å². The van der Waals surface area contributed by atoms with Crippen molar-refractivity contribution in [1.29, 1.82) is 0 Å². The molecule has 100 valence electrons. The summed E-state index contributed by atoms with van der Waals surface area (Å²) in [7, 11) is -3.42. The number of nitrogens with one attached hydrogen (secondary N) is 1. The Balaban J connectivity index is 2.16. The van der Waals surface area contributed by atoms with Crippen LogP contribution in [0, 0.1) is 6.92 Å². The van der Waals surface area contributed by atoms with Crippen LogP contribution in [0.4, 0.5) is 5.69 Å². The van der Waals surface area contributed by atoms with E-state index < -0.39 is 10.2 Å². The zero-order valence-electron chi connectivity index (χ0n) is 10.3. The molecule has 1 aromatic carbocycles. The van der Waals surface area contributed by atoms with Crippen molar-refractivity contribution in [1.82, 2.24) is 4.31 Å². The summed E-state index contributed by atoms with van der Waals surface area (Å²) in [4.78, 5) is 0. The molecule has 1 aromatic rings. The van der Waals surface area contributed by atoms with Gasteiger partial charge >= 0.3 is 10.2 Å². The molecule has 0 radical (unpaired) electrons. The summed E-state index contributed by atoms with van der Waals surface area (Å²) >= 11 is 3.38. The van der Waals surface area contributed by atoms with Gasteiger partial charge in [-0.05, 0) is 53.4 Å². The first kappa shape index (κ1) is 13.8. The summed E-state index contributed by atoms with van der Waals surface area (Å²) < 4.78 is 29.3. The summed E-state index contributed by atoms with van der Waals surface area (Å²) in [6.07, 6.45) is 2.99. The highest BCUT2D eigenvalue weighted by Gasteiger charge is 2.24. The van der Waals surface area contributed by atoms with Crippen LogP contribution in [0.15, 0.2) is 22.7 Å². The zero-order chi connectivity index (χ0) is 13.2. The first-order valence-corrected chi connectivity index (χ1v) is 8.26. The average Bonchev–Trinajstić information content (AvgIpc) is 2.34. The summed E-state index contributed by atoms with van der Waals surface area (Å²) in [6, 6.07) is 5.56. The minimum absolute atomic E-state index is 0.589. The van der Waals surface area contributed by atoms with E-state index in [2.05, 4.69) is 20.7 Å². The average molecular weight is 333 g/mol. The number of piperidine rings is 1. The Morgan fingerprint density at radius 3 is 2.50 bits per heavy atom. The van der Waals surface area contributed by atoms with Crippen LogP contribution >= 0.6 is 15.9 Å². The third-order valence-electron chi connectivity index (χ3n) is 3.02. The Hall–Kier alpha value is -0.590. The van der Waals surface area contributed by atoms with E-state index >= 15 is 0 Å². The fraction of sp³-hybridized carbons (Fsp3) is 0.500. The van der Waals surface area contributed by atoms with Crippen LogP contribution < -0.4 is 4.72 Å². The van der Waals surface area contributed by atoms with Gasteiger partial charge in [0, 0.05) is 17.6 Å². The van der Waals surface area contributed by atoms with Crippen molar-refractivity contribution in [3.63, 3.8) is 0 Å². The predicted molar refractivity (Wildman–Crippen MR) is 76.8 cm³/mol. The molecule has 1 heterocycles. The number of rotatable bonds is 3. The van der Waals surface area contributed by atoms with E-state index in [9.17, 15) is 8.42 Å². The second-order valence-corrected chi connectivity index (χ2v) is 7.08. The molecule has 0 spiro atoms. The van der Waals surface area contributed by atoms with Gasteiger partial charge in [-0.25, -0.2) is 0 Å². The number of benzene rings is 1. The first-order valence-electron chi connectivity index (χ1n) is 6.03. The van der Waals surface area contributed by atoms with Crippen LogP contribution in [0.3, 0.4) is 0 Å². The van der Waals surface area contributed by atoms with Gasteiger partial charge in [0.2, 0.25) is 0 Å². The van der Waals surface area contributed by atoms with Crippen molar-refractivity contribution >= 4 is 31.8 Å². The van der Waals surface area contributed by atoms with Crippen LogP contribution in [0.1, 0.15) is 24.8 Å². The van der Waals surface area contributed by atoms with E-state index in [1.165, 1.54) is 4.31 Å². The van der Waals surface area contributed by atoms with Crippen molar-refractivity contribution in [2.75, 3.05) is 17.8 Å². The summed E-state index contributed by atoms with van der Waals surface area (Å²) in [5, 5.41) is 0. The minimum atomic E-state index is -3.42. The molecule has 0 atom stereocenters. The summed E-state index contributed by atoms with van der Waals surface area (Å²) in [6.45, 7) is 3.19. The van der Waals surface area contributed by atoms with Gasteiger partial charge in [0.15, 0.2) is 0 Å². The van der Waals surface area contributed by atoms with Crippen molar-refractivity contribution in [3.05, 3.63) is 28.2 Å². The molecule has 18 heavy (non-hydrogen) atoms. The molecular weight excluding hydrogens is 316 g/mol. The Morgan fingerprint density at radius 1 is 1.22 bits per heavy atom.